The molecule has 0 saturated heterocycles. The Morgan fingerprint density at radius 2 is 1.93 bits per heavy atom. The second-order valence-electron chi connectivity index (χ2n) is 3.06. The van der Waals surface area contributed by atoms with Gasteiger partial charge in [-0.1, -0.05) is 12.1 Å². The molecule has 1 aromatic carbocycles. The first-order valence-electron chi connectivity index (χ1n) is 4.52. The minimum atomic E-state index is -0.880. The van der Waals surface area contributed by atoms with Crippen LogP contribution in [0.4, 0.5) is 4.39 Å². The van der Waals surface area contributed by atoms with Crippen molar-refractivity contribution in [2.45, 2.75) is 12.2 Å². The van der Waals surface area contributed by atoms with E-state index in [2.05, 4.69) is 0 Å². The Morgan fingerprint density at radius 1 is 1.29 bits per heavy atom. The number of hydrogen-bond donors (Lipinski definition) is 1. The fourth-order valence-electron chi connectivity index (χ4n) is 1.08. The fourth-order valence-corrected chi connectivity index (χ4v) is 2.28. The maximum absolute atomic E-state index is 12.5. The molecule has 0 aliphatic carbocycles. The van der Waals surface area contributed by atoms with E-state index in [1.807, 2.05) is 0 Å². The molecule has 0 saturated carbocycles. The second-order valence-corrected chi connectivity index (χ2v) is 4.63. The molecule has 0 bridgehead atoms. The molecule has 0 radical (unpaired) electrons. The molecule has 1 rings (SSSR count). The monoisotopic (exact) mass is 215 g/mol. The van der Waals surface area contributed by atoms with Crippen molar-refractivity contribution in [3.63, 3.8) is 0 Å². The van der Waals surface area contributed by atoms with Crippen molar-refractivity contribution in [2.75, 3.05) is 12.3 Å². The summed E-state index contributed by atoms with van der Waals surface area (Å²) in [5, 5.41) is 0. The van der Waals surface area contributed by atoms with Crippen molar-refractivity contribution < 1.29 is 8.60 Å². The van der Waals surface area contributed by atoms with Crippen LogP contribution in [-0.4, -0.2) is 16.5 Å². The Bertz CT molecular complexity index is 299. The second kappa shape index (κ2) is 5.88. The molecule has 1 atom stereocenters. The molecule has 78 valence electrons. The van der Waals surface area contributed by atoms with Gasteiger partial charge in [0.2, 0.25) is 0 Å². The van der Waals surface area contributed by atoms with E-state index in [-0.39, 0.29) is 5.82 Å². The number of nitrogens with two attached hydrogens (primary N) is 1. The maximum atomic E-state index is 12.5. The van der Waals surface area contributed by atoms with Crippen molar-refractivity contribution in [1.29, 1.82) is 0 Å². The molecule has 14 heavy (non-hydrogen) atoms. The molecule has 1 aromatic rings. The van der Waals surface area contributed by atoms with Gasteiger partial charge in [0, 0.05) is 22.3 Å². The van der Waals surface area contributed by atoms with Gasteiger partial charge in [-0.3, -0.25) is 4.21 Å². The lowest BCUT2D eigenvalue weighted by Crippen LogP contribution is -2.07. The molecule has 2 nitrogen and oxygen atoms in total. The summed E-state index contributed by atoms with van der Waals surface area (Å²) in [5.41, 5.74) is 6.21. The predicted octanol–water partition coefficient (Wildman–Crippen LogP) is 1.42. The predicted molar refractivity (Wildman–Crippen MR) is 56.8 cm³/mol. The third-order valence-electron chi connectivity index (χ3n) is 1.82. The average Bonchev–Trinajstić information content (AvgIpc) is 2.18. The standard InChI is InChI=1S/C10H14FNOS/c11-10-4-2-9(3-5-10)8-14(13)7-1-6-12/h2-5H,1,6-8,12H2. The summed E-state index contributed by atoms with van der Waals surface area (Å²) >= 11 is 0. The van der Waals surface area contributed by atoms with Crippen LogP contribution in [0.2, 0.25) is 0 Å². The zero-order valence-corrected chi connectivity index (χ0v) is 8.73. The molecule has 0 aromatic heterocycles. The molecule has 0 fully saturated rings. The van der Waals surface area contributed by atoms with E-state index >= 15 is 0 Å². The summed E-state index contributed by atoms with van der Waals surface area (Å²) in [6, 6.07) is 6.09. The average molecular weight is 215 g/mol. The third-order valence-corrected chi connectivity index (χ3v) is 3.22. The van der Waals surface area contributed by atoms with Crippen molar-refractivity contribution in [1.82, 2.24) is 0 Å². The van der Waals surface area contributed by atoms with Gasteiger partial charge >= 0.3 is 0 Å². The zero-order chi connectivity index (χ0) is 10.4. The van der Waals surface area contributed by atoms with Gasteiger partial charge in [0.1, 0.15) is 5.82 Å². The first-order valence-corrected chi connectivity index (χ1v) is 6.00. The summed E-state index contributed by atoms with van der Waals surface area (Å²) in [7, 11) is -0.880. The summed E-state index contributed by atoms with van der Waals surface area (Å²) in [4.78, 5) is 0. The van der Waals surface area contributed by atoms with E-state index in [1.54, 1.807) is 12.1 Å². The Kier molecular flexibility index (Phi) is 4.76. The molecular formula is C10H14FNOS. The molecule has 0 spiro atoms. The Labute approximate surface area is 85.8 Å². The smallest absolute Gasteiger partial charge is 0.123 e. The van der Waals surface area contributed by atoms with Crippen LogP contribution in [0.5, 0.6) is 0 Å². The van der Waals surface area contributed by atoms with E-state index in [1.165, 1.54) is 12.1 Å². The Morgan fingerprint density at radius 3 is 2.50 bits per heavy atom. The lowest BCUT2D eigenvalue weighted by molar-refractivity contribution is 0.627. The summed E-state index contributed by atoms with van der Waals surface area (Å²) in [6.45, 7) is 0.565. The SMILES string of the molecule is NCCCS(=O)Cc1ccc(F)cc1. The van der Waals surface area contributed by atoms with E-state index < -0.39 is 10.8 Å². The number of benzene rings is 1. The first kappa shape index (κ1) is 11.3. The van der Waals surface area contributed by atoms with Crippen LogP contribution in [0.1, 0.15) is 12.0 Å². The van der Waals surface area contributed by atoms with E-state index in [9.17, 15) is 8.60 Å². The van der Waals surface area contributed by atoms with Gasteiger partial charge in [0.05, 0.1) is 0 Å². The molecule has 2 N–H and O–H groups in total. The van der Waals surface area contributed by atoms with Gasteiger partial charge in [0.25, 0.3) is 0 Å². The van der Waals surface area contributed by atoms with Crippen LogP contribution in [0.25, 0.3) is 0 Å². The Balaban J connectivity index is 2.44. The largest absolute Gasteiger partial charge is 0.330 e. The number of halogens is 1. The number of rotatable bonds is 5. The van der Waals surface area contributed by atoms with E-state index in [0.717, 1.165) is 12.0 Å². The van der Waals surface area contributed by atoms with Gasteiger partial charge in [-0.15, -0.1) is 0 Å². The van der Waals surface area contributed by atoms with Crippen molar-refractivity contribution in [2.24, 2.45) is 5.73 Å². The first-order chi connectivity index (χ1) is 6.72. The van der Waals surface area contributed by atoms with E-state index in [4.69, 9.17) is 5.73 Å². The quantitative estimate of drug-likeness (QED) is 0.807. The topological polar surface area (TPSA) is 43.1 Å². The van der Waals surface area contributed by atoms with Crippen LogP contribution in [0.15, 0.2) is 24.3 Å². The number of hydrogen-bond acceptors (Lipinski definition) is 2. The lowest BCUT2D eigenvalue weighted by atomic mass is 10.2. The lowest BCUT2D eigenvalue weighted by Gasteiger charge is -2.01. The van der Waals surface area contributed by atoms with Crippen LogP contribution >= 0.6 is 0 Å². The van der Waals surface area contributed by atoms with Crippen molar-refractivity contribution in [3.8, 4) is 0 Å². The van der Waals surface area contributed by atoms with Gasteiger partial charge in [0.15, 0.2) is 0 Å². The van der Waals surface area contributed by atoms with Crippen LogP contribution < -0.4 is 5.73 Å². The molecule has 4 heteroatoms. The highest BCUT2D eigenvalue weighted by Gasteiger charge is 2.01. The fraction of sp³-hybridized carbons (Fsp3) is 0.400. The normalized spacial score (nSPS) is 12.7. The van der Waals surface area contributed by atoms with Crippen molar-refractivity contribution >= 4 is 10.8 Å². The maximum Gasteiger partial charge on any atom is 0.123 e. The summed E-state index contributed by atoms with van der Waals surface area (Å²) in [5.74, 6) is 0.843. The van der Waals surface area contributed by atoms with E-state index in [0.29, 0.717) is 18.1 Å². The van der Waals surface area contributed by atoms with Gasteiger partial charge in [-0.25, -0.2) is 4.39 Å². The Hall–Kier alpha value is -0.740. The minimum absolute atomic E-state index is 0.263. The molecule has 0 aliphatic rings. The third kappa shape index (κ3) is 3.98. The van der Waals surface area contributed by atoms with Gasteiger partial charge < -0.3 is 5.73 Å². The minimum Gasteiger partial charge on any atom is -0.330 e. The highest BCUT2D eigenvalue weighted by Crippen LogP contribution is 2.06. The van der Waals surface area contributed by atoms with Crippen LogP contribution in [0, 0.1) is 5.82 Å². The molecule has 0 amide bonds. The van der Waals surface area contributed by atoms with Gasteiger partial charge in [-0.05, 0) is 30.7 Å². The summed E-state index contributed by atoms with van der Waals surface area (Å²) < 4.78 is 24.0. The highest BCUT2D eigenvalue weighted by molar-refractivity contribution is 7.84. The van der Waals surface area contributed by atoms with Gasteiger partial charge in [-0.2, -0.15) is 0 Å². The molecule has 1 unspecified atom stereocenters. The molecule has 0 aliphatic heterocycles. The van der Waals surface area contributed by atoms with Crippen molar-refractivity contribution in [3.05, 3.63) is 35.6 Å². The molecule has 0 heterocycles. The summed E-state index contributed by atoms with van der Waals surface area (Å²) in [6.07, 6.45) is 0.772. The van der Waals surface area contributed by atoms with Crippen LogP contribution in [-0.2, 0) is 16.6 Å². The zero-order valence-electron chi connectivity index (χ0n) is 7.91. The van der Waals surface area contributed by atoms with Crippen LogP contribution in [0.3, 0.4) is 0 Å². The highest BCUT2D eigenvalue weighted by atomic mass is 32.2. The molecular weight excluding hydrogens is 201 g/mol.